The van der Waals surface area contributed by atoms with E-state index in [2.05, 4.69) is 34.9 Å². The molecular formula is C12H21N3. The summed E-state index contributed by atoms with van der Waals surface area (Å²) < 4.78 is 2.31. The number of hydrogen-bond acceptors (Lipinski definition) is 2. The maximum atomic E-state index is 4.35. The van der Waals surface area contributed by atoms with Crippen molar-refractivity contribution in [1.29, 1.82) is 0 Å². The second kappa shape index (κ2) is 4.69. The molecule has 84 valence electrons. The Balaban J connectivity index is 2.05. The summed E-state index contributed by atoms with van der Waals surface area (Å²) in [5.41, 5.74) is 0. The third-order valence-corrected chi connectivity index (χ3v) is 3.38. The van der Waals surface area contributed by atoms with Gasteiger partial charge in [-0.1, -0.05) is 6.92 Å². The van der Waals surface area contributed by atoms with Gasteiger partial charge in [0.2, 0.25) is 5.95 Å². The maximum Gasteiger partial charge on any atom is 0.203 e. The van der Waals surface area contributed by atoms with Crippen LogP contribution >= 0.6 is 0 Å². The molecular weight excluding hydrogens is 186 g/mol. The molecule has 0 aliphatic heterocycles. The molecule has 1 heterocycles. The molecule has 0 radical (unpaired) electrons. The van der Waals surface area contributed by atoms with Crippen molar-refractivity contribution in [1.82, 2.24) is 9.55 Å². The smallest absolute Gasteiger partial charge is 0.203 e. The molecule has 15 heavy (non-hydrogen) atoms. The van der Waals surface area contributed by atoms with Crippen molar-refractivity contribution >= 4 is 5.95 Å². The zero-order chi connectivity index (χ0) is 10.7. The number of imidazole rings is 1. The van der Waals surface area contributed by atoms with E-state index in [-0.39, 0.29) is 0 Å². The van der Waals surface area contributed by atoms with Crippen molar-refractivity contribution < 1.29 is 0 Å². The first-order chi connectivity index (χ1) is 7.31. The van der Waals surface area contributed by atoms with Crippen LogP contribution in [0.5, 0.6) is 0 Å². The Hall–Kier alpha value is -0.990. The third-order valence-electron chi connectivity index (χ3n) is 3.38. The van der Waals surface area contributed by atoms with E-state index in [1.165, 1.54) is 25.7 Å². The van der Waals surface area contributed by atoms with Crippen molar-refractivity contribution in [2.45, 2.75) is 45.6 Å². The zero-order valence-electron chi connectivity index (χ0n) is 9.74. The van der Waals surface area contributed by atoms with Crippen LogP contribution in [0.3, 0.4) is 0 Å². The topological polar surface area (TPSA) is 29.9 Å². The van der Waals surface area contributed by atoms with Gasteiger partial charge in [-0.25, -0.2) is 4.98 Å². The molecule has 1 aliphatic rings. The lowest BCUT2D eigenvalue weighted by molar-refractivity contribution is 0.291. The van der Waals surface area contributed by atoms with E-state index in [0.29, 0.717) is 6.04 Å². The molecule has 1 saturated carbocycles. The fourth-order valence-electron chi connectivity index (χ4n) is 2.42. The monoisotopic (exact) mass is 207 g/mol. The fourth-order valence-corrected chi connectivity index (χ4v) is 2.42. The minimum atomic E-state index is 0.665. The Morgan fingerprint density at radius 2 is 2.13 bits per heavy atom. The van der Waals surface area contributed by atoms with Gasteiger partial charge in [0, 0.05) is 25.0 Å². The van der Waals surface area contributed by atoms with E-state index in [0.717, 1.165) is 18.4 Å². The second-order valence-electron chi connectivity index (χ2n) is 4.60. The number of nitrogens with zero attached hydrogens (tertiary/aromatic N) is 2. The molecule has 0 unspecified atom stereocenters. The van der Waals surface area contributed by atoms with Crippen molar-refractivity contribution in [3.63, 3.8) is 0 Å². The van der Waals surface area contributed by atoms with Gasteiger partial charge in [0.1, 0.15) is 0 Å². The maximum absolute atomic E-state index is 4.35. The molecule has 3 heteroatoms. The number of nitrogens with one attached hydrogen (secondary N) is 1. The van der Waals surface area contributed by atoms with E-state index in [1.54, 1.807) is 0 Å². The molecule has 0 amide bonds. The Labute approximate surface area is 91.9 Å². The van der Waals surface area contributed by atoms with E-state index >= 15 is 0 Å². The molecule has 1 aromatic rings. The molecule has 1 fully saturated rings. The standard InChI is InChI=1S/C12H21N3/c1-3-13-12-14-8-9-15(12)11-6-4-10(2)5-7-11/h8-11H,3-7H2,1-2H3,(H,13,14). The highest BCUT2D eigenvalue weighted by Gasteiger charge is 2.20. The minimum absolute atomic E-state index is 0.665. The molecule has 0 atom stereocenters. The van der Waals surface area contributed by atoms with Gasteiger partial charge in [-0.3, -0.25) is 0 Å². The highest BCUT2D eigenvalue weighted by atomic mass is 15.2. The molecule has 0 bridgehead atoms. The number of anilines is 1. The zero-order valence-corrected chi connectivity index (χ0v) is 9.74. The molecule has 1 aromatic heterocycles. The van der Waals surface area contributed by atoms with E-state index in [1.807, 2.05) is 6.20 Å². The summed E-state index contributed by atoms with van der Waals surface area (Å²) in [5.74, 6) is 1.95. The molecule has 2 rings (SSSR count). The largest absolute Gasteiger partial charge is 0.356 e. The average molecular weight is 207 g/mol. The van der Waals surface area contributed by atoms with Crippen LogP contribution in [0.15, 0.2) is 12.4 Å². The molecule has 0 saturated heterocycles. The van der Waals surface area contributed by atoms with Gasteiger partial charge in [0.25, 0.3) is 0 Å². The third kappa shape index (κ3) is 2.33. The molecule has 3 nitrogen and oxygen atoms in total. The van der Waals surface area contributed by atoms with Crippen LogP contribution in [0.4, 0.5) is 5.95 Å². The van der Waals surface area contributed by atoms with E-state index < -0.39 is 0 Å². The van der Waals surface area contributed by atoms with E-state index in [4.69, 9.17) is 0 Å². The minimum Gasteiger partial charge on any atom is -0.356 e. The normalized spacial score (nSPS) is 26.5. The highest BCUT2D eigenvalue weighted by Crippen LogP contribution is 2.33. The summed E-state index contributed by atoms with van der Waals surface area (Å²) in [7, 11) is 0. The summed E-state index contributed by atoms with van der Waals surface area (Å²) in [5, 5.41) is 3.32. The molecule has 1 N–H and O–H groups in total. The Bertz CT molecular complexity index is 298. The Morgan fingerprint density at radius 3 is 2.80 bits per heavy atom. The summed E-state index contributed by atoms with van der Waals surface area (Å²) >= 11 is 0. The molecule has 0 spiro atoms. The van der Waals surface area contributed by atoms with Gasteiger partial charge < -0.3 is 9.88 Å². The van der Waals surface area contributed by atoms with Crippen molar-refractivity contribution in [3.05, 3.63) is 12.4 Å². The van der Waals surface area contributed by atoms with Crippen LogP contribution in [0.25, 0.3) is 0 Å². The first-order valence-electron chi connectivity index (χ1n) is 6.08. The van der Waals surface area contributed by atoms with E-state index in [9.17, 15) is 0 Å². The van der Waals surface area contributed by atoms with Crippen molar-refractivity contribution in [2.75, 3.05) is 11.9 Å². The van der Waals surface area contributed by atoms with Crippen LogP contribution < -0.4 is 5.32 Å². The summed E-state index contributed by atoms with van der Waals surface area (Å²) in [4.78, 5) is 4.35. The first kappa shape index (κ1) is 10.5. The predicted octanol–water partition coefficient (Wildman–Crippen LogP) is 3.07. The number of rotatable bonds is 3. The van der Waals surface area contributed by atoms with Crippen LogP contribution in [0.2, 0.25) is 0 Å². The molecule has 0 aromatic carbocycles. The predicted molar refractivity (Wildman–Crippen MR) is 63.1 cm³/mol. The quantitative estimate of drug-likeness (QED) is 0.825. The van der Waals surface area contributed by atoms with Gasteiger partial charge in [-0.15, -0.1) is 0 Å². The van der Waals surface area contributed by atoms with Gasteiger partial charge in [0.15, 0.2) is 0 Å². The Kier molecular flexibility index (Phi) is 3.29. The van der Waals surface area contributed by atoms with Gasteiger partial charge >= 0.3 is 0 Å². The number of aromatic nitrogens is 2. The lowest BCUT2D eigenvalue weighted by atomic mass is 9.87. The Morgan fingerprint density at radius 1 is 1.40 bits per heavy atom. The van der Waals surface area contributed by atoms with Crippen LogP contribution in [0.1, 0.15) is 45.6 Å². The lowest BCUT2D eigenvalue weighted by Gasteiger charge is -2.28. The highest BCUT2D eigenvalue weighted by molar-refractivity contribution is 5.26. The van der Waals surface area contributed by atoms with Crippen LogP contribution in [-0.2, 0) is 0 Å². The lowest BCUT2D eigenvalue weighted by Crippen LogP contribution is -2.18. The fraction of sp³-hybridized carbons (Fsp3) is 0.750. The number of hydrogen-bond donors (Lipinski definition) is 1. The average Bonchev–Trinajstić information content (AvgIpc) is 2.68. The SMILES string of the molecule is CCNc1nccn1C1CCC(C)CC1. The summed E-state index contributed by atoms with van der Waals surface area (Å²) in [6, 6.07) is 0.665. The second-order valence-corrected chi connectivity index (χ2v) is 4.60. The van der Waals surface area contributed by atoms with Gasteiger partial charge in [-0.2, -0.15) is 0 Å². The summed E-state index contributed by atoms with van der Waals surface area (Å²) in [6.45, 7) is 5.41. The van der Waals surface area contributed by atoms with Crippen molar-refractivity contribution in [2.24, 2.45) is 5.92 Å². The summed E-state index contributed by atoms with van der Waals surface area (Å²) in [6.07, 6.45) is 9.32. The van der Waals surface area contributed by atoms with Crippen molar-refractivity contribution in [3.8, 4) is 0 Å². The first-order valence-corrected chi connectivity index (χ1v) is 6.08. The van der Waals surface area contributed by atoms with Gasteiger partial charge in [-0.05, 0) is 38.5 Å². The van der Waals surface area contributed by atoms with Gasteiger partial charge in [0.05, 0.1) is 0 Å². The van der Waals surface area contributed by atoms with Crippen LogP contribution in [-0.4, -0.2) is 16.1 Å². The van der Waals surface area contributed by atoms with Crippen LogP contribution in [0, 0.1) is 5.92 Å². The molecule has 1 aliphatic carbocycles.